The SMILES string of the molecule is CC(C)CCCNC(C)c1nc2ccccc2n1C. The minimum Gasteiger partial charge on any atom is -0.330 e. The van der Waals surface area contributed by atoms with Crippen molar-refractivity contribution < 1.29 is 0 Å². The molecule has 0 aliphatic rings. The van der Waals surface area contributed by atoms with Gasteiger partial charge in [0.05, 0.1) is 17.1 Å². The van der Waals surface area contributed by atoms with Crippen LogP contribution in [0.2, 0.25) is 0 Å². The molecule has 0 amide bonds. The second-order valence-electron chi connectivity index (χ2n) is 5.73. The Kier molecular flexibility index (Phi) is 4.59. The number of imidazole rings is 1. The van der Waals surface area contributed by atoms with Crippen molar-refractivity contribution in [3.05, 3.63) is 30.1 Å². The van der Waals surface area contributed by atoms with E-state index in [0.29, 0.717) is 6.04 Å². The number of rotatable bonds is 6. The van der Waals surface area contributed by atoms with Gasteiger partial charge in [0.1, 0.15) is 5.82 Å². The summed E-state index contributed by atoms with van der Waals surface area (Å²) in [6.45, 7) is 7.79. The molecule has 1 aromatic heterocycles. The van der Waals surface area contributed by atoms with Crippen molar-refractivity contribution in [1.82, 2.24) is 14.9 Å². The van der Waals surface area contributed by atoms with Gasteiger partial charge in [-0.05, 0) is 44.4 Å². The Morgan fingerprint density at radius 3 is 2.63 bits per heavy atom. The Bertz CT molecular complexity index is 528. The van der Waals surface area contributed by atoms with Crippen molar-refractivity contribution in [3.8, 4) is 0 Å². The van der Waals surface area contributed by atoms with Crippen LogP contribution in [-0.2, 0) is 7.05 Å². The predicted molar refractivity (Wildman–Crippen MR) is 81.2 cm³/mol. The third kappa shape index (κ3) is 3.35. The Labute approximate surface area is 116 Å². The van der Waals surface area contributed by atoms with E-state index < -0.39 is 0 Å². The maximum atomic E-state index is 4.73. The number of aromatic nitrogens is 2. The van der Waals surface area contributed by atoms with Gasteiger partial charge in [-0.2, -0.15) is 0 Å². The molecule has 0 aliphatic carbocycles. The molecule has 0 saturated carbocycles. The number of nitrogens with zero attached hydrogens (tertiary/aromatic N) is 2. The maximum absolute atomic E-state index is 4.73. The van der Waals surface area contributed by atoms with E-state index >= 15 is 0 Å². The molecular weight excluding hydrogens is 234 g/mol. The Morgan fingerprint density at radius 2 is 1.95 bits per heavy atom. The van der Waals surface area contributed by atoms with E-state index in [1.54, 1.807) is 0 Å². The molecule has 1 heterocycles. The molecule has 0 radical (unpaired) electrons. The quantitative estimate of drug-likeness (QED) is 0.802. The molecule has 1 N–H and O–H groups in total. The van der Waals surface area contributed by atoms with Crippen LogP contribution in [0.25, 0.3) is 11.0 Å². The van der Waals surface area contributed by atoms with Crippen molar-refractivity contribution in [3.63, 3.8) is 0 Å². The standard InChI is InChI=1S/C16H25N3/c1-12(2)8-7-11-17-13(3)16-18-14-9-5-6-10-15(14)19(16)4/h5-6,9-10,12-13,17H,7-8,11H2,1-4H3. The van der Waals surface area contributed by atoms with Gasteiger partial charge in [-0.3, -0.25) is 0 Å². The molecule has 0 saturated heterocycles. The van der Waals surface area contributed by atoms with E-state index in [9.17, 15) is 0 Å². The molecule has 1 atom stereocenters. The van der Waals surface area contributed by atoms with Gasteiger partial charge >= 0.3 is 0 Å². The van der Waals surface area contributed by atoms with Gasteiger partial charge in [0, 0.05) is 7.05 Å². The molecule has 2 rings (SSSR count). The van der Waals surface area contributed by atoms with Crippen LogP contribution >= 0.6 is 0 Å². The van der Waals surface area contributed by atoms with Crippen LogP contribution in [-0.4, -0.2) is 16.1 Å². The third-order valence-electron chi connectivity index (χ3n) is 3.62. The number of fused-ring (bicyclic) bond motifs is 1. The summed E-state index contributed by atoms with van der Waals surface area (Å²) in [6, 6.07) is 8.60. The fourth-order valence-corrected chi connectivity index (χ4v) is 2.47. The summed E-state index contributed by atoms with van der Waals surface area (Å²) in [4.78, 5) is 4.73. The fraction of sp³-hybridized carbons (Fsp3) is 0.562. The minimum atomic E-state index is 0.296. The molecule has 0 spiro atoms. The summed E-state index contributed by atoms with van der Waals surface area (Å²) < 4.78 is 2.19. The van der Waals surface area contributed by atoms with E-state index in [1.165, 1.54) is 18.4 Å². The molecule has 19 heavy (non-hydrogen) atoms. The van der Waals surface area contributed by atoms with Crippen molar-refractivity contribution in [2.24, 2.45) is 13.0 Å². The number of nitrogens with one attached hydrogen (secondary N) is 1. The highest BCUT2D eigenvalue weighted by molar-refractivity contribution is 5.75. The van der Waals surface area contributed by atoms with Gasteiger partial charge in [0.15, 0.2) is 0 Å². The van der Waals surface area contributed by atoms with Crippen LogP contribution < -0.4 is 5.32 Å². The predicted octanol–water partition coefficient (Wildman–Crippen LogP) is 3.66. The van der Waals surface area contributed by atoms with E-state index in [4.69, 9.17) is 4.98 Å². The minimum absolute atomic E-state index is 0.296. The second-order valence-corrected chi connectivity index (χ2v) is 5.73. The van der Waals surface area contributed by atoms with Gasteiger partial charge in [0.25, 0.3) is 0 Å². The van der Waals surface area contributed by atoms with Gasteiger partial charge in [-0.25, -0.2) is 4.98 Å². The van der Waals surface area contributed by atoms with Gasteiger partial charge < -0.3 is 9.88 Å². The molecule has 1 unspecified atom stereocenters. The summed E-state index contributed by atoms with van der Waals surface area (Å²) >= 11 is 0. The van der Waals surface area contributed by atoms with E-state index in [0.717, 1.165) is 23.8 Å². The first kappa shape index (κ1) is 14.1. The molecule has 0 bridgehead atoms. The molecule has 3 heteroatoms. The van der Waals surface area contributed by atoms with Crippen LogP contribution in [0.4, 0.5) is 0 Å². The zero-order valence-corrected chi connectivity index (χ0v) is 12.5. The highest BCUT2D eigenvalue weighted by atomic mass is 15.1. The van der Waals surface area contributed by atoms with Crippen molar-refractivity contribution in [2.45, 2.75) is 39.7 Å². The number of hydrogen-bond donors (Lipinski definition) is 1. The highest BCUT2D eigenvalue weighted by Crippen LogP contribution is 2.19. The van der Waals surface area contributed by atoms with Crippen molar-refractivity contribution >= 4 is 11.0 Å². The number of benzene rings is 1. The fourth-order valence-electron chi connectivity index (χ4n) is 2.47. The second kappa shape index (κ2) is 6.20. The lowest BCUT2D eigenvalue weighted by Gasteiger charge is -2.14. The molecule has 1 aromatic carbocycles. The molecule has 104 valence electrons. The Hall–Kier alpha value is -1.35. The van der Waals surface area contributed by atoms with Crippen molar-refractivity contribution in [1.29, 1.82) is 0 Å². The molecule has 2 aromatic rings. The average Bonchev–Trinajstić information content (AvgIpc) is 2.72. The molecular formula is C16H25N3. The summed E-state index contributed by atoms with van der Waals surface area (Å²) in [5.74, 6) is 1.90. The third-order valence-corrected chi connectivity index (χ3v) is 3.62. The summed E-state index contributed by atoms with van der Waals surface area (Å²) in [6.07, 6.45) is 2.51. The summed E-state index contributed by atoms with van der Waals surface area (Å²) in [5, 5.41) is 3.57. The van der Waals surface area contributed by atoms with Gasteiger partial charge in [-0.1, -0.05) is 26.0 Å². The largest absolute Gasteiger partial charge is 0.330 e. The lowest BCUT2D eigenvalue weighted by Crippen LogP contribution is -2.22. The Morgan fingerprint density at radius 1 is 1.21 bits per heavy atom. The van der Waals surface area contributed by atoms with Crippen LogP contribution in [0.15, 0.2) is 24.3 Å². The zero-order chi connectivity index (χ0) is 13.8. The number of para-hydroxylation sites is 2. The van der Waals surface area contributed by atoms with Crippen molar-refractivity contribution in [2.75, 3.05) is 6.54 Å². The summed E-state index contributed by atoms with van der Waals surface area (Å²) in [5.41, 5.74) is 2.28. The van der Waals surface area contributed by atoms with E-state index in [2.05, 4.69) is 55.9 Å². The monoisotopic (exact) mass is 259 g/mol. The highest BCUT2D eigenvalue weighted by Gasteiger charge is 2.13. The zero-order valence-electron chi connectivity index (χ0n) is 12.5. The van der Waals surface area contributed by atoms with Gasteiger partial charge in [-0.15, -0.1) is 0 Å². The smallest absolute Gasteiger partial charge is 0.126 e. The lowest BCUT2D eigenvalue weighted by molar-refractivity contribution is 0.482. The number of aryl methyl sites for hydroxylation is 1. The first-order valence-corrected chi connectivity index (χ1v) is 7.24. The van der Waals surface area contributed by atoms with E-state index in [-0.39, 0.29) is 0 Å². The molecule has 3 nitrogen and oxygen atoms in total. The topological polar surface area (TPSA) is 29.9 Å². The molecule has 0 aliphatic heterocycles. The van der Waals surface area contributed by atoms with Gasteiger partial charge in [0.2, 0.25) is 0 Å². The first-order chi connectivity index (χ1) is 9.09. The average molecular weight is 259 g/mol. The molecule has 0 fully saturated rings. The van der Waals surface area contributed by atoms with Crippen LogP contribution in [0.1, 0.15) is 45.5 Å². The normalized spacial score (nSPS) is 13.3. The van der Waals surface area contributed by atoms with E-state index in [1.807, 2.05) is 6.07 Å². The van der Waals surface area contributed by atoms with Crippen LogP contribution in [0, 0.1) is 5.92 Å². The van der Waals surface area contributed by atoms with Crippen LogP contribution in [0.3, 0.4) is 0 Å². The Balaban J connectivity index is 2.01. The summed E-state index contributed by atoms with van der Waals surface area (Å²) in [7, 11) is 2.09. The maximum Gasteiger partial charge on any atom is 0.126 e. The number of hydrogen-bond acceptors (Lipinski definition) is 2. The van der Waals surface area contributed by atoms with Crippen LogP contribution in [0.5, 0.6) is 0 Å². The first-order valence-electron chi connectivity index (χ1n) is 7.24. The lowest BCUT2D eigenvalue weighted by atomic mass is 10.1.